The second-order valence-electron chi connectivity index (χ2n) is 5.93. The molecule has 0 atom stereocenters. The van der Waals surface area contributed by atoms with E-state index in [1.807, 2.05) is 0 Å². The Kier molecular flexibility index (Phi) is 10.3. The van der Waals surface area contributed by atoms with E-state index in [2.05, 4.69) is 52.0 Å². The Balaban J connectivity index is 0.00000288. The van der Waals surface area contributed by atoms with Crippen molar-refractivity contribution in [1.82, 2.24) is 15.5 Å². The fraction of sp³-hybridized carbons (Fsp3) is 0.647. The highest BCUT2D eigenvalue weighted by Gasteiger charge is 2.22. The summed E-state index contributed by atoms with van der Waals surface area (Å²) in [6.45, 7) is 4.55. The first-order chi connectivity index (χ1) is 11.2. The van der Waals surface area contributed by atoms with Crippen LogP contribution in [-0.4, -0.2) is 49.5 Å². The van der Waals surface area contributed by atoms with Crippen LogP contribution in [0, 0.1) is 0 Å². The van der Waals surface area contributed by atoms with Gasteiger partial charge in [-0.05, 0) is 44.1 Å². The van der Waals surface area contributed by atoms with Crippen molar-refractivity contribution >= 4 is 47.2 Å². The molecule has 7 heteroatoms. The number of halogens is 1. The molecule has 0 aromatic carbocycles. The van der Waals surface area contributed by atoms with Crippen molar-refractivity contribution in [2.45, 2.75) is 45.1 Å². The summed E-state index contributed by atoms with van der Waals surface area (Å²) in [5.74, 6) is 1.09. The Morgan fingerprint density at radius 1 is 1.46 bits per heavy atom. The molecule has 24 heavy (non-hydrogen) atoms. The van der Waals surface area contributed by atoms with E-state index >= 15 is 0 Å². The third-order valence-electron chi connectivity index (χ3n) is 3.74. The topological polar surface area (TPSA) is 56.7 Å². The molecule has 136 valence electrons. The molecular formula is C17H29IN4OS. The minimum Gasteiger partial charge on any atom is -0.357 e. The van der Waals surface area contributed by atoms with E-state index in [1.54, 1.807) is 11.3 Å². The predicted molar refractivity (Wildman–Crippen MR) is 112 cm³/mol. The summed E-state index contributed by atoms with van der Waals surface area (Å²) in [6.07, 6.45) is 4.68. The number of carbonyl (C=O) groups excluding carboxylic acids is 1. The zero-order valence-corrected chi connectivity index (χ0v) is 17.7. The number of carbonyl (C=O) groups is 1. The quantitative estimate of drug-likeness (QED) is 0.256. The third-order valence-corrected chi connectivity index (χ3v) is 4.67. The fourth-order valence-electron chi connectivity index (χ4n) is 2.26. The molecule has 2 N–H and O–H groups in total. The van der Waals surface area contributed by atoms with E-state index in [1.165, 1.54) is 4.88 Å². The standard InChI is InChI=1S/C17H28N4OS.HI/c1-3-18-17(21(2)12-10-15-6-5-13-23-15)19-11-4-7-16(22)20-14-8-9-14;/h5-6,13-14H,3-4,7-12H2,1-2H3,(H,18,19)(H,20,22);1H. The molecule has 0 radical (unpaired) electrons. The van der Waals surface area contributed by atoms with Crippen molar-refractivity contribution in [2.75, 3.05) is 26.7 Å². The van der Waals surface area contributed by atoms with E-state index in [9.17, 15) is 4.79 Å². The molecular weight excluding hydrogens is 435 g/mol. The summed E-state index contributed by atoms with van der Waals surface area (Å²) in [6, 6.07) is 4.71. The third kappa shape index (κ3) is 8.32. The van der Waals surface area contributed by atoms with Crippen LogP contribution in [0.5, 0.6) is 0 Å². The molecule has 1 aromatic rings. The van der Waals surface area contributed by atoms with Gasteiger partial charge in [-0.2, -0.15) is 0 Å². The first-order valence-electron chi connectivity index (χ1n) is 8.50. The maximum Gasteiger partial charge on any atom is 0.220 e. The van der Waals surface area contributed by atoms with Crippen molar-refractivity contribution in [3.8, 4) is 0 Å². The molecule has 0 unspecified atom stereocenters. The van der Waals surface area contributed by atoms with Gasteiger partial charge >= 0.3 is 0 Å². The summed E-state index contributed by atoms with van der Waals surface area (Å²) in [5, 5.41) is 8.45. The number of hydrogen-bond acceptors (Lipinski definition) is 3. The van der Waals surface area contributed by atoms with Gasteiger partial charge in [-0.15, -0.1) is 35.3 Å². The Morgan fingerprint density at radius 3 is 2.88 bits per heavy atom. The van der Waals surface area contributed by atoms with Gasteiger partial charge in [0.1, 0.15) is 0 Å². The van der Waals surface area contributed by atoms with Crippen LogP contribution < -0.4 is 10.6 Å². The predicted octanol–water partition coefficient (Wildman–Crippen LogP) is 2.86. The first kappa shape index (κ1) is 21.2. The van der Waals surface area contributed by atoms with Gasteiger partial charge in [0, 0.05) is 44.0 Å². The lowest BCUT2D eigenvalue weighted by Crippen LogP contribution is -2.40. The van der Waals surface area contributed by atoms with Gasteiger partial charge in [-0.25, -0.2) is 0 Å². The molecule has 1 amide bonds. The summed E-state index contributed by atoms with van der Waals surface area (Å²) < 4.78 is 0. The first-order valence-corrected chi connectivity index (χ1v) is 9.38. The minimum absolute atomic E-state index is 0. The average Bonchev–Trinajstić information content (AvgIpc) is 3.19. The molecule has 1 aromatic heterocycles. The van der Waals surface area contributed by atoms with Gasteiger partial charge in [-0.3, -0.25) is 9.79 Å². The van der Waals surface area contributed by atoms with Crippen LogP contribution in [0.2, 0.25) is 0 Å². The van der Waals surface area contributed by atoms with E-state index in [-0.39, 0.29) is 29.9 Å². The summed E-state index contributed by atoms with van der Waals surface area (Å²) >= 11 is 1.79. The van der Waals surface area contributed by atoms with Crippen LogP contribution in [0.25, 0.3) is 0 Å². The lowest BCUT2D eigenvalue weighted by molar-refractivity contribution is -0.121. The number of thiophene rings is 1. The van der Waals surface area contributed by atoms with Gasteiger partial charge < -0.3 is 15.5 Å². The van der Waals surface area contributed by atoms with Crippen LogP contribution in [0.15, 0.2) is 22.5 Å². The van der Waals surface area contributed by atoms with Gasteiger partial charge in [0.15, 0.2) is 5.96 Å². The molecule has 1 saturated carbocycles. The van der Waals surface area contributed by atoms with Crippen LogP contribution in [-0.2, 0) is 11.2 Å². The van der Waals surface area contributed by atoms with E-state index in [0.29, 0.717) is 19.0 Å². The molecule has 1 aliphatic rings. The number of aliphatic imine (C=N–C) groups is 1. The van der Waals surface area contributed by atoms with Crippen molar-refractivity contribution < 1.29 is 4.79 Å². The smallest absolute Gasteiger partial charge is 0.220 e. The zero-order valence-electron chi connectivity index (χ0n) is 14.6. The number of rotatable bonds is 9. The number of guanidine groups is 1. The molecule has 1 aliphatic carbocycles. The minimum atomic E-state index is 0. The van der Waals surface area contributed by atoms with Gasteiger partial charge in [-0.1, -0.05) is 6.07 Å². The molecule has 0 spiro atoms. The maximum absolute atomic E-state index is 11.6. The van der Waals surface area contributed by atoms with Crippen LogP contribution in [0.4, 0.5) is 0 Å². The van der Waals surface area contributed by atoms with Crippen molar-refractivity contribution in [3.05, 3.63) is 22.4 Å². The van der Waals surface area contributed by atoms with Gasteiger partial charge in [0.25, 0.3) is 0 Å². The Labute approximate surface area is 166 Å². The van der Waals surface area contributed by atoms with Crippen LogP contribution in [0.3, 0.4) is 0 Å². The van der Waals surface area contributed by atoms with E-state index < -0.39 is 0 Å². The fourth-order valence-corrected chi connectivity index (χ4v) is 2.96. The lowest BCUT2D eigenvalue weighted by Gasteiger charge is -2.21. The Hall–Kier alpha value is -0.830. The molecule has 0 saturated heterocycles. The summed E-state index contributed by atoms with van der Waals surface area (Å²) in [5.41, 5.74) is 0. The summed E-state index contributed by atoms with van der Waals surface area (Å²) in [4.78, 5) is 19.8. The number of likely N-dealkylation sites (N-methyl/N-ethyl adjacent to an activating group) is 1. The molecule has 0 aliphatic heterocycles. The Bertz CT molecular complexity index is 503. The number of hydrogen-bond donors (Lipinski definition) is 2. The lowest BCUT2D eigenvalue weighted by atomic mass is 10.3. The van der Waals surface area contributed by atoms with Crippen molar-refractivity contribution in [3.63, 3.8) is 0 Å². The van der Waals surface area contributed by atoms with Gasteiger partial charge in [0.2, 0.25) is 5.91 Å². The monoisotopic (exact) mass is 464 g/mol. The number of nitrogens with zero attached hydrogens (tertiary/aromatic N) is 2. The normalized spacial score (nSPS) is 14.0. The van der Waals surface area contributed by atoms with E-state index in [0.717, 1.165) is 44.7 Å². The largest absolute Gasteiger partial charge is 0.357 e. The van der Waals surface area contributed by atoms with Crippen LogP contribution in [0.1, 0.15) is 37.5 Å². The highest BCUT2D eigenvalue weighted by molar-refractivity contribution is 14.0. The van der Waals surface area contributed by atoms with Crippen molar-refractivity contribution in [2.24, 2.45) is 4.99 Å². The summed E-state index contributed by atoms with van der Waals surface area (Å²) in [7, 11) is 2.06. The number of amides is 1. The molecule has 1 heterocycles. The maximum atomic E-state index is 11.6. The molecule has 2 rings (SSSR count). The highest BCUT2D eigenvalue weighted by atomic mass is 127. The number of nitrogens with one attached hydrogen (secondary N) is 2. The Morgan fingerprint density at radius 2 is 2.25 bits per heavy atom. The second kappa shape index (κ2) is 11.7. The highest BCUT2D eigenvalue weighted by Crippen LogP contribution is 2.18. The zero-order chi connectivity index (χ0) is 16.5. The van der Waals surface area contributed by atoms with Crippen LogP contribution >= 0.6 is 35.3 Å². The average molecular weight is 464 g/mol. The van der Waals surface area contributed by atoms with Gasteiger partial charge in [0.05, 0.1) is 0 Å². The van der Waals surface area contributed by atoms with Crippen molar-refractivity contribution in [1.29, 1.82) is 0 Å². The SMILES string of the molecule is CCNC(=NCCCC(=O)NC1CC1)N(C)CCc1cccs1.I. The van der Waals surface area contributed by atoms with E-state index in [4.69, 9.17) is 0 Å². The molecule has 5 nitrogen and oxygen atoms in total. The second-order valence-corrected chi connectivity index (χ2v) is 6.96. The molecule has 1 fully saturated rings. The molecule has 0 bridgehead atoms.